The first-order valence-corrected chi connectivity index (χ1v) is 13.2. The van der Waals surface area contributed by atoms with Crippen molar-refractivity contribution in [2.45, 2.75) is 24.4 Å². The highest BCUT2D eigenvalue weighted by Gasteiger charge is 2.70. The van der Waals surface area contributed by atoms with Gasteiger partial charge < -0.3 is 14.6 Å². The number of Topliss-reactive ketones (excluding diaryl/α,β-unsaturated/α-hetero) is 2. The minimum atomic E-state index is -1.46. The van der Waals surface area contributed by atoms with Gasteiger partial charge in [0.15, 0.2) is 11.5 Å². The second-order valence-corrected chi connectivity index (χ2v) is 10.5. The standard InChI is InChI=1S/C32H23N3O6/c1-18-17-26-32(22-8-3-4-9-23(22)33-31(32)38)27(30(37)25-11-6-16-41-25)28(34(26)24-10-5-2-7-21(18)24)29(36)19-12-14-20(15-13-19)35(39)40/h2-17,26-28H,1H3,(H,33,38)/t26-,27+,28-,32-/m1/s1. The molecule has 3 aliphatic heterocycles. The molecular formula is C32H23N3O6. The number of nitrogens with one attached hydrogen (secondary N) is 1. The smallest absolute Gasteiger partial charge is 0.269 e. The normalized spacial score (nSPS) is 23.8. The van der Waals surface area contributed by atoms with E-state index in [9.17, 15) is 24.5 Å². The molecule has 1 fully saturated rings. The molecule has 1 aromatic heterocycles. The minimum Gasteiger partial charge on any atom is -0.461 e. The second kappa shape index (κ2) is 8.85. The summed E-state index contributed by atoms with van der Waals surface area (Å²) < 4.78 is 5.55. The number of ketones is 2. The summed E-state index contributed by atoms with van der Waals surface area (Å²) in [6.45, 7) is 1.96. The number of hydrogen-bond donors (Lipinski definition) is 1. The van der Waals surface area contributed by atoms with Crippen LogP contribution in [0.15, 0.2) is 102 Å². The number of carbonyl (C=O) groups is 3. The van der Waals surface area contributed by atoms with Crippen molar-refractivity contribution in [3.8, 4) is 0 Å². The zero-order chi connectivity index (χ0) is 28.5. The van der Waals surface area contributed by atoms with Gasteiger partial charge in [-0.25, -0.2) is 0 Å². The van der Waals surface area contributed by atoms with Crippen LogP contribution in [0.25, 0.3) is 5.57 Å². The van der Waals surface area contributed by atoms with Gasteiger partial charge >= 0.3 is 0 Å². The molecule has 202 valence electrons. The van der Waals surface area contributed by atoms with Crippen molar-refractivity contribution in [2.75, 3.05) is 10.2 Å². The first-order chi connectivity index (χ1) is 19.8. The Morgan fingerprint density at radius 1 is 0.951 bits per heavy atom. The summed E-state index contributed by atoms with van der Waals surface area (Å²) in [5.41, 5.74) is 2.33. The fourth-order valence-corrected chi connectivity index (χ4v) is 6.88. The van der Waals surface area contributed by atoms with Crippen LogP contribution in [0, 0.1) is 16.0 Å². The number of amides is 1. The Bertz CT molecular complexity index is 1790. The van der Waals surface area contributed by atoms with Crippen molar-refractivity contribution in [1.82, 2.24) is 0 Å². The van der Waals surface area contributed by atoms with Crippen LogP contribution in [0.4, 0.5) is 17.1 Å². The van der Waals surface area contributed by atoms with E-state index in [0.29, 0.717) is 11.3 Å². The van der Waals surface area contributed by atoms with Crippen molar-refractivity contribution >= 4 is 40.1 Å². The van der Waals surface area contributed by atoms with Crippen molar-refractivity contribution in [2.24, 2.45) is 5.92 Å². The Labute approximate surface area is 234 Å². The Hall–Kier alpha value is -5.31. The zero-order valence-electron chi connectivity index (χ0n) is 21.8. The summed E-state index contributed by atoms with van der Waals surface area (Å²) in [6, 6.07) is 21.5. The molecule has 1 amide bonds. The van der Waals surface area contributed by atoms with E-state index in [0.717, 1.165) is 16.8 Å². The topological polar surface area (TPSA) is 123 Å². The van der Waals surface area contributed by atoms with Crippen LogP contribution in [-0.2, 0) is 10.2 Å². The van der Waals surface area contributed by atoms with Gasteiger partial charge in [0.25, 0.3) is 5.69 Å². The monoisotopic (exact) mass is 545 g/mol. The molecule has 7 rings (SSSR count). The lowest BCUT2D eigenvalue weighted by Crippen LogP contribution is -2.51. The van der Waals surface area contributed by atoms with Crippen molar-refractivity contribution in [1.29, 1.82) is 0 Å². The van der Waals surface area contributed by atoms with Crippen LogP contribution in [0.5, 0.6) is 0 Å². The molecule has 4 aromatic rings. The molecule has 4 heterocycles. The van der Waals surface area contributed by atoms with Crippen LogP contribution in [-0.4, -0.2) is 34.5 Å². The largest absolute Gasteiger partial charge is 0.461 e. The predicted octanol–water partition coefficient (Wildman–Crippen LogP) is 5.43. The van der Waals surface area contributed by atoms with Crippen LogP contribution < -0.4 is 10.2 Å². The highest BCUT2D eigenvalue weighted by molar-refractivity contribution is 6.18. The van der Waals surface area contributed by atoms with Crippen molar-refractivity contribution in [3.63, 3.8) is 0 Å². The van der Waals surface area contributed by atoms with E-state index in [-0.39, 0.29) is 22.9 Å². The van der Waals surface area contributed by atoms with Gasteiger partial charge in [-0.1, -0.05) is 42.5 Å². The molecule has 1 saturated heterocycles. The van der Waals surface area contributed by atoms with E-state index in [1.165, 1.54) is 36.6 Å². The summed E-state index contributed by atoms with van der Waals surface area (Å²) in [5, 5.41) is 14.3. The van der Waals surface area contributed by atoms with Crippen molar-refractivity contribution < 1.29 is 23.7 Å². The van der Waals surface area contributed by atoms with Gasteiger partial charge in [-0.15, -0.1) is 0 Å². The van der Waals surface area contributed by atoms with Gasteiger partial charge in [0.2, 0.25) is 11.7 Å². The quantitative estimate of drug-likeness (QED) is 0.201. The minimum absolute atomic E-state index is 0.0434. The number of anilines is 2. The molecule has 3 aromatic carbocycles. The molecule has 3 aliphatic rings. The van der Waals surface area contributed by atoms with Gasteiger partial charge in [0.05, 0.1) is 23.1 Å². The first-order valence-electron chi connectivity index (χ1n) is 13.2. The summed E-state index contributed by atoms with van der Waals surface area (Å²) in [5.74, 6) is -2.41. The van der Waals surface area contributed by atoms with Gasteiger partial charge in [0, 0.05) is 34.6 Å². The maximum atomic E-state index is 14.6. The lowest BCUT2D eigenvalue weighted by atomic mass is 9.64. The summed E-state index contributed by atoms with van der Waals surface area (Å²) in [6.07, 6.45) is 3.35. The molecule has 4 atom stereocenters. The van der Waals surface area contributed by atoms with Crippen LogP contribution in [0.2, 0.25) is 0 Å². The van der Waals surface area contributed by atoms with Crippen LogP contribution >= 0.6 is 0 Å². The van der Waals surface area contributed by atoms with Gasteiger partial charge in [-0.3, -0.25) is 24.5 Å². The fourth-order valence-electron chi connectivity index (χ4n) is 6.88. The molecule has 1 spiro atoms. The fraction of sp³-hybridized carbons (Fsp3) is 0.156. The Morgan fingerprint density at radius 3 is 2.41 bits per heavy atom. The number of nitrogens with zero attached hydrogens (tertiary/aromatic N) is 2. The maximum Gasteiger partial charge on any atom is 0.269 e. The van der Waals surface area contributed by atoms with E-state index in [1.807, 2.05) is 60.4 Å². The third-order valence-electron chi connectivity index (χ3n) is 8.56. The number of non-ortho nitro benzene ring substituents is 1. The Kier molecular flexibility index (Phi) is 5.34. The van der Waals surface area contributed by atoms with Crippen molar-refractivity contribution in [3.05, 3.63) is 130 Å². The molecule has 0 radical (unpaired) electrons. The second-order valence-electron chi connectivity index (χ2n) is 10.5. The van der Waals surface area contributed by atoms with E-state index in [4.69, 9.17) is 4.42 Å². The number of para-hydroxylation sites is 2. The third kappa shape index (κ3) is 3.32. The Morgan fingerprint density at radius 2 is 1.68 bits per heavy atom. The molecule has 1 N–H and O–H groups in total. The lowest BCUT2D eigenvalue weighted by Gasteiger charge is -2.39. The number of hydrogen-bond acceptors (Lipinski definition) is 7. The SMILES string of the molecule is CC1=C[C@H]2N(c3ccccc31)[C@@H](C(=O)c1ccc([N+](=O)[O-])cc1)[C@@H](C(=O)c1ccco1)[C@]21C(=O)Nc2ccccc21. The Balaban J connectivity index is 1.53. The highest BCUT2D eigenvalue weighted by Crippen LogP contribution is 2.58. The zero-order valence-corrected chi connectivity index (χ0v) is 21.8. The highest BCUT2D eigenvalue weighted by atomic mass is 16.6. The van der Waals surface area contributed by atoms with E-state index >= 15 is 0 Å². The molecule has 0 unspecified atom stereocenters. The lowest BCUT2D eigenvalue weighted by molar-refractivity contribution is -0.384. The first kappa shape index (κ1) is 24.7. The van der Waals surface area contributed by atoms with Crippen LogP contribution in [0.3, 0.4) is 0 Å². The molecule has 0 aliphatic carbocycles. The number of furan rings is 1. The summed E-state index contributed by atoms with van der Waals surface area (Å²) in [4.78, 5) is 56.0. The molecule has 9 heteroatoms. The van der Waals surface area contributed by atoms with E-state index < -0.39 is 39.9 Å². The molecule has 41 heavy (non-hydrogen) atoms. The number of rotatable bonds is 5. The molecule has 0 saturated carbocycles. The molecule has 9 nitrogen and oxygen atoms in total. The average Bonchev–Trinajstić information content (AvgIpc) is 3.70. The molecular weight excluding hydrogens is 522 g/mol. The van der Waals surface area contributed by atoms with Gasteiger partial charge in [-0.2, -0.15) is 0 Å². The third-order valence-corrected chi connectivity index (χ3v) is 8.56. The maximum absolute atomic E-state index is 14.6. The predicted molar refractivity (Wildman–Crippen MR) is 151 cm³/mol. The number of allylic oxidation sites excluding steroid dienone is 1. The average molecular weight is 546 g/mol. The van der Waals surface area contributed by atoms with Gasteiger partial charge in [0.1, 0.15) is 11.5 Å². The summed E-state index contributed by atoms with van der Waals surface area (Å²) in [7, 11) is 0. The van der Waals surface area contributed by atoms with Crippen LogP contribution in [0.1, 0.15) is 39.0 Å². The number of carbonyl (C=O) groups excluding carboxylic acids is 3. The van der Waals surface area contributed by atoms with E-state index in [1.54, 1.807) is 12.1 Å². The number of benzene rings is 3. The summed E-state index contributed by atoms with van der Waals surface area (Å²) >= 11 is 0. The number of nitro benzene ring substituents is 1. The molecule has 0 bridgehead atoms. The van der Waals surface area contributed by atoms with E-state index in [2.05, 4.69) is 5.32 Å². The number of fused-ring (bicyclic) bond motifs is 6. The number of nitro groups is 1. The van der Waals surface area contributed by atoms with Gasteiger partial charge in [-0.05, 0) is 54.5 Å².